The van der Waals surface area contributed by atoms with Gasteiger partial charge in [0.05, 0.1) is 17.8 Å². The number of carbonyl (C=O) groups is 1. The topological polar surface area (TPSA) is 72.7 Å². The van der Waals surface area contributed by atoms with Crippen LogP contribution >= 0.6 is 0 Å². The second kappa shape index (κ2) is 8.12. The molecule has 0 aliphatic heterocycles. The Morgan fingerprint density at radius 1 is 1.04 bits per heavy atom. The molecule has 6 nitrogen and oxygen atoms in total. The predicted octanol–water partition coefficient (Wildman–Crippen LogP) is 3.89. The summed E-state index contributed by atoms with van der Waals surface area (Å²) in [6.07, 6.45) is 12.0. The third-order valence-corrected chi connectivity index (χ3v) is 5.01. The number of rotatable bonds is 5. The molecule has 138 valence electrons. The van der Waals surface area contributed by atoms with E-state index >= 15 is 0 Å². The SMILES string of the molecule is O=C(Cc1ccn(-c2ccccc2)n1)Nc1ncc(C2CCCCC2)cn1. The highest BCUT2D eigenvalue weighted by atomic mass is 16.1. The van der Waals surface area contributed by atoms with Gasteiger partial charge in [-0.15, -0.1) is 0 Å². The zero-order valence-corrected chi connectivity index (χ0v) is 15.2. The molecular weight excluding hydrogens is 338 g/mol. The molecule has 6 heteroatoms. The van der Waals surface area contributed by atoms with Gasteiger partial charge in [0.1, 0.15) is 0 Å². The summed E-state index contributed by atoms with van der Waals surface area (Å²) in [7, 11) is 0. The van der Waals surface area contributed by atoms with Crippen molar-refractivity contribution in [2.45, 2.75) is 44.4 Å². The normalized spacial score (nSPS) is 14.8. The first-order chi connectivity index (χ1) is 13.3. The van der Waals surface area contributed by atoms with Crippen LogP contribution in [0.5, 0.6) is 0 Å². The molecule has 0 atom stereocenters. The van der Waals surface area contributed by atoms with Gasteiger partial charge in [0.2, 0.25) is 11.9 Å². The number of hydrogen-bond acceptors (Lipinski definition) is 4. The number of amides is 1. The number of benzene rings is 1. The molecule has 0 unspecified atom stereocenters. The van der Waals surface area contributed by atoms with Crippen molar-refractivity contribution in [1.29, 1.82) is 0 Å². The number of carbonyl (C=O) groups excluding carboxylic acids is 1. The lowest BCUT2D eigenvalue weighted by molar-refractivity contribution is -0.115. The van der Waals surface area contributed by atoms with Gasteiger partial charge in [0.15, 0.2) is 0 Å². The molecule has 2 heterocycles. The monoisotopic (exact) mass is 361 g/mol. The highest BCUT2D eigenvalue weighted by molar-refractivity contribution is 5.90. The number of hydrogen-bond donors (Lipinski definition) is 1. The van der Waals surface area contributed by atoms with Crippen LogP contribution < -0.4 is 5.32 Å². The number of nitrogens with zero attached hydrogens (tertiary/aromatic N) is 4. The zero-order valence-electron chi connectivity index (χ0n) is 15.2. The smallest absolute Gasteiger partial charge is 0.232 e. The summed E-state index contributed by atoms with van der Waals surface area (Å²) in [5, 5.41) is 7.21. The molecule has 3 aromatic rings. The van der Waals surface area contributed by atoms with Crippen LogP contribution in [0.2, 0.25) is 0 Å². The van der Waals surface area contributed by atoms with Crippen molar-refractivity contribution < 1.29 is 4.79 Å². The molecule has 1 fully saturated rings. The molecule has 4 rings (SSSR count). The molecule has 0 spiro atoms. The number of para-hydroxylation sites is 1. The summed E-state index contributed by atoms with van der Waals surface area (Å²) in [4.78, 5) is 20.9. The van der Waals surface area contributed by atoms with Gasteiger partial charge in [-0.1, -0.05) is 37.5 Å². The standard InChI is InChI=1S/C21H23N5O/c27-20(13-18-11-12-26(25-18)19-9-5-2-6-10-19)24-21-22-14-17(15-23-21)16-7-3-1-4-8-16/h2,5-6,9-12,14-16H,1,3-4,7-8,13H2,(H,22,23,24,27). The van der Waals surface area contributed by atoms with E-state index in [1.54, 1.807) is 4.68 Å². The van der Waals surface area contributed by atoms with Crippen LogP contribution in [-0.4, -0.2) is 25.7 Å². The third kappa shape index (κ3) is 4.39. The van der Waals surface area contributed by atoms with Crippen molar-refractivity contribution in [3.05, 3.63) is 66.2 Å². The van der Waals surface area contributed by atoms with Crippen molar-refractivity contribution in [2.24, 2.45) is 0 Å². The van der Waals surface area contributed by atoms with Gasteiger partial charge in [-0.3, -0.25) is 10.1 Å². The van der Waals surface area contributed by atoms with Gasteiger partial charge in [0, 0.05) is 18.6 Å². The first kappa shape index (κ1) is 17.4. The lowest BCUT2D eigenvalue weighted by Gasteiger charge is -2.21. The first-order valence-electron chi connectivity index (χ1n) is 9.50. The van der Waals surface area contributed by atoms with Crippen molar-refractivity contribution >= 4 is 11.9 Å². The number of aromatic nitrogens is 4. The Kier molecular flexibility index (Phi) is 5.23. The van der Waals surface area contributed by atoms with Crippen LogP contribution in [0.15, 0.2) is 55.0 Å². The fraction of sp³-hybridized carbons (Fsp3) is 0.333. The molecule has 1 saturated carbocycles. The van der Waals surface area contributed by atoms with E-state index in [0.29, 0.717) is 17.6 Å². The molecule has 0 bridgehead atoms. The summed E-state index contributed by atoms with van der Waals surface area (Å²) < 4.78 is 1.76. The van der Waals surface area contributed by atoms with Crippen LogP contribution in [0.4, 0.5) is 5.95 Å². The maximum atomic E-state index is 12.3. The highest BCUT2D eigenvalue weighted by Gasteiger charge is 2.16. The Morgan fingerprint density at radius 2 is 1.78 bits per heavy atom. The minimum Gasteiger partial charge on any atom is -0.294 e. The Hall–Kier alpha value is -3.02. The summed E-state index contributed by atoms with van der Waals surface area (Å²) in [6, 6.07) is 11.7. The van der Waals surface area contributed by atoms with Crippen LogP contribution in [-0.2, 0) is 11.2 Å². The fourth-order valence-electron chi connectivity index (χ4n) is 3.56. The molecule has 1 N–H and O–H groups in total. The number of nitrogens with one attached hydrogen (secondary N) is 1. The average Bonchev–Trinajstić information content (AvgIpc) is 3.18. The van der Waals surface area contributed by atoms with Gasteiger partial charge in [0.25, 0.3) is 0 Å². The van der Waals surface area contributed by atoms with Gasteiger partial charge in [-0.05, 0) is 42.5 Å². The van der Waals surface area contributed by atoms with Gasteiger partial charge in [-0.2, -0.15) is 5.10 Å². The predicted molar refractivity (Wildman–Crippen MR) is 104 cm³/mol. The molecular formula is C21H23N5O. The molecule has 1 aromatic carbocycles. The Morgan fingerprint density at radius 3 is 2.52 bits per heavy atom. The molecule has 0 radical (unpaired) electrons. The zero-order chi connectivity index (χ0) is 18.5. The van der Waals surface area contributed by atoms with Gasteiger partial charge < -0.3 is 0 Å². The van der Waals surface area contributed by atoms with E-state index < -0.39 is 0 Å². The van der Waals surface area contributed by atoms with Crippen LogP contribution in [0.25, 0.3) is 5.69 Å². The molecule has 1 aliphatic rings. The molecule has 1 aliphatic carbocycles. The third-order valence-electron chi connectivity index (χ3n) is 5.01. The summed E-state index contributed by atoms with van der Waals surface area (Å²) in [6.45, 7) is 0. The van der Waals surface area contributed by atoms with Crippen molar-refractivity contribution in [2.75, 3.05) is 5.32 Å². The Labute approximate surface area is 158 Å². The van der Waals surface area contributed by atoms with Crippen molar-refractivity contribution in [1.82, 2.24) is 19.7 Å². The fourth-order valence-corrected chi connectivity index (χ4v) is 3.56. The average molecular weight is 361 g/mol. The molecule has 1 amide bonds. The summed E-state index contributed by atoms with van der Waals surface area (Å²) >= 11 is 0. The lowest BCUT2D eigenvalue weighted by Crippen LogP contribution is -2.17. The lowest BCUT2D eigenvalue weighted by atomic mass is 9.85. The largest absolute Gasteiger partial charge is 0.294 e. The van der Waals surface area contributed by atoms with Crippen LogP contribution in [0, 0.1) is 0 Å². The molecule has 27 heavy (non-hydrogen) atoms. The maximum Gasteiger partial charge on any atom is 0.232 e. The van der Waals surface area contributed by atoms with E-state index in [1.165, 1.54) is 37.7 Å². The Bertz CT molecular complexity index is 882. The molecule has 2 aromatic heterocycles. The molecule has 0 saturated heterocycles. The van der Waals surface area contributed by atoms with Crippen molar-refractivity contribution in [3.63, 3.8) is 0 Å². The van der Waals surface area contributed by atoms with Crippen LogP contribution in [0.1, 0.15) is 49.3 Å². The summed E-state index contributed by atoms with van der Waals surface area (Å²) in [5.41, 5.74) is 2.84. The Balaban J connectivity index is 1.35. The first-order valence-corrected chi connectivity index (χ1v) is 9.50. The van der Waals surface area contributed by atoms with Crippen LogP contribution in [0.3, 0.4) is 0 Å². The van der Waals surface area contributed by atoms with E-state index in [0.717, 1.165) is 5.69 Å². The van der Waals surface area contributed by atoms with Gasteiger partial charge in [-0.25, -0.2) is 14.6 Å². The second-order valence-corrected chi connectivity index (χ2v) is 6.99. The minimum absolute atomic E-state index is 0.168. The van der Waals surface area contributed by atoms with Gasteiger partial charge >= 0.3 is 0 Å². The van der Waals surface area contributed by atoms with E-state index in [4.69, 9.17) is 0 Å². The minimum atomic E-state index is -0.168. The maximum absolute atomic E-state index is 12.3. The van der Waals surface area contributed by atoms with E-state index in [2.05, 4.69) is 20.4 Å². The van der Waals surface area contributed by atoms with E-state index in [9.17, 15) is 4.79 Å². The highest BCUT2D eigenvalue weighted by Crippen LogP contribution is 2.31. The quantitative estimate of drug-likeness (QED) is 0.748. The van der Waals surface area contributed by atoms with E-state index in [1.807, 2.05) is 55.0 Å². The number of anilines is 1. The van der Waals surface area contributed by atoms with Crippen molar-refractivity contribution in [3.8, 4) is 5.69 Å². The van der Waals surface area contributed by atoms with E-state index in [-0.39, 0.29) is 12.3 Å². The summed E-state index contributed by atoms with van der Waals surface area (Å²) in [5.74, 6) is 0.742. The second-order valence-electron chi connectivity index (χ2n) is 6.99.